The second-order valence-electron chi connectivity index (χ2n) is 8.30. The first-order valence-corrected chi connectivity index (χ1v) is 12.1. The molecule has 3 aromatic rings. The number of hydrogen-bond donors (Lipinski definition) is 2. The number of sulfonamides is 1. The molecule has 1 saturated carbocycles. The van der Waals surface area contributed by atoms with E-state index in [2.05, 4.69) is 19.8 Å². The van der Waals surface area contributed by atoms with Crippen molar-refractivity contribution in [2.24, 2.45) is 7.05 Å². The van der Waals surface area contributed by atoms with Gasteiger partial charge in [-0.2, -0.15) is 5.10 Å². The molecule has 0 saturated heterocycles. The van der Waals surface area contributed by atoms with Crippen LogP contribution in [0, 0.1) is 5.82 Å². The predicted octanol–water partition coefficient (Wildman–Crippen LogP) is 3.27. The maximum Gasteiger partial charge on any atom is 0.266 e. The Labute approximate surface area is 195 Å². The van der Waals surface area contributed by atoms with Crippen LogP contribution in [-0.2, 0) is 17.1 Å². The average Bonchev–Trinajstić information content (AvgIpc) is 3.16. The molecule has 1 fully saturated rings. The molecule has 0 radical (unpaired) electrons. The minimum atomic E-state index is -4.29. The predicted molar refractivity (Wildman–Crippen MR) is 119 cm³/mol. The highest BCUT2D eigenvalue weighted by Crippen LogP contribution is 2.41. The number of aryl methyl sites for hydroxylation is 1. The number of rotatable bonds is 6. The third-order valence-electron chi connectivity index (χ3n) is 5.70. The number of ether oxygens (including phenoxy) is 1. The smallest absolute Gasteiger partial charge is 0.266 e. The lowest BCUT2D eigenvalue weighted by Crippen LogP contribution is -2.42. The van der Waals surface area contributed by atoms with Gasteiger partial charge in [-0.05, 0) is 38.0 Å². The van der Waals surface area contributed by atoms with Crippen molar-refractivity contribution < 1.29 is 22.7 Å². The van der Waals surface area contributed by atoms with Crippen LogP contribution in [0.15, 0.2) is 47.9 Å². The van der Waals surface area contributed by atoms with Gasteiger partial charge >= 0.3 is 0 Å². The second kappa shape index (κ2) is 8.88. The van der Waals surface area contributed by atoms with Gasteiger partial charge < -0.3 is 9.84 Å². The molecule has 1 aliphatic rings. The van der Waals surface area contributed by atoms with Crippen molar-refractivity contribution in [1.82, 2.24) is 19.7 Å². The molecule has 4 rings (SSSR count). The van der Waals surface area contributed by atoms with Crippen molar-refractivity contribution in [3.05, 3.63) is 59.5 Å². The fourth-order valence-electron chi connectivity index (χ4n) is 4.05. The SMILES string of the molecule is Cn1nccc1[C@H]1CC[C@@](C)(O)C[C@@H]1Oc1cc(F)c(S(=O)(=O)Nc2ccncn2)cc1Cl. The van der Waals surface area contributed by atoms with E-state index < -0.39 is 32.4 Å². The molecule has 0 spiro atoms. The Bertz CT molecular complexity index is 1250. The van der Waals surface area contributed by atoms with Gasteiger partial charge in [0.1, 0.15) is 34.7 Å². The average molecular weight is 496 g/mol. The number of nitrogens with one attached hydrogen (secondary N) is 1. The minimum absolute atomic E-state index is 0.00924. The lowest BCUT2D eigenvalue weighted by atomic mass is 9.76. The fraction of sp³-hybridized carbons (Fsp3) is 0.381. The summed E-state index contributed by atoms with van der Waals surface area (Å²) in [6.45, 7) is 1.72. The molecule has 0 aliphatic heterocycles. The van der Waals surface area contributed by atoms with Crippen LogP contribution in [0.4, 0.5) is 10.2 Å². The molecule has 1 aromatic carbocycles. The summed E-state index contributed by atoms with van der Waals surface area (Å²) in [6.07, 6.45) is 5.15. The Hall–Kier alpha value is -2.76. The van der Waals surface area contributed by atoms with E-state index in [1.807, 2.05) is 13.1 Å². The third kappa shape index (κ3) is 5.10. The molecule has 2 aromatic heterocycles. The standard InChI is InChI=1S/C21H23ClFN5O4S/c1-21(29)6-3-13(16-4-8-26-28(16)2)18(11-21)32-17-10-15(23)19(9-14(17)22)33(30,31)27-20-5-7-24-12-25-20/h4-5,7-10,12-13,18,29H,3,6,11H2,1-2H3,(H,24,25,27)/t13-,18+,21-/m1/s1. The van der Waals surface area contributed by atoms with Gasteiger partial charge in [-0.3, -0.25) is 9.40 Å². The van der Waals surface area contributed by atoms with Crippen LogP contribution in [0.1, 0.15) is 37.8 Å². The zero-order valence-electron chi connectivity index (χ0n) is 17.9. The molecule has 2 heterocycles. The van der Waals surface area contributed by atoms with Crippen molar-refractivity contribution in [3.63, 3.8) is 0 Å². The van der Waals surface area contributed by atoms with Gasteiger partial charge in [-0.25, -0.2) is 22.8 Å². The molecule has 176 valence electrons. The van der Waals surface area contributed by atoms with Gasteiger partial charge in [0, 0.05) is 43.5 Å². The van der Waals surface area contributed by atoms with Crippen molar-refractivity contribution in [1.29, 1.82) is 0 Å². The summed E-state index contributed by atoms with van der Waals surface area (Å²) in [5.74, 6) is -1.16. The lowest BCUT2D eigenvalue weighted by Gasteiger charge is -2.39. The van der Waals surface area contributed by atoms with Gasteiger partial charge in [0.2, 0.25) is 0 Å². The summed E-state index contributed by atoms with van der Waals surface area (Å²) in [5.41, 5.74) is -0.0458. The monoisotopic (exact) mass is 495 g/mol. The lowest BCUT2D eigenvalue weighted by molar-refractivity contribution is -0.0341. The highest BCUT2D eigenvalue weighted by atomic mass is 35.5. The minimum Gasteiger partial charge on any atom is -0.488 e. The number of hydrogen-bond acceptors (Lipinski definition) is 7. The molecule has 9 nitrogen and oxygen atoms in total. The molecule has 0 unspecified atom stereocenters. The first-order valence-electron chi connectivity index (χ1n) is 10.2. The van der Waals surface area contributed by atoms with Crippen molar-refractivity contribution in [3.8, 4) is 5.75 Å². The van der Waals surface area contributed by atoms with E-state index in [0.717, 1.165) is 24.2 Å². The van der Waals surface area contributed by atoms with Crippen LogP contribution >= 0.6 is 11.6 Å². The molecular weight excluding hydrogens is 473 g/mol. The van der Waals surface area contributed by atoms with Gasteiger partial charge in [0.05, 0.1) is 10.6 Å². The zero-order chi connectivity index (χ0) is 23.8. The van der Waals surface area contributed by atoms with Gasteiger partial charge in [0.15, 0.2) is 0 Å². The van der Waals surface area contributed by atoms with Crippen LogP contribution in [0.25, 0.3) is 0 Å². The molecule has 33 heavy (non-hydrogen) atoms. The summed E-state index contributed by atoms with van der Waals surface area (Å²) < 4.78 is 50.2. The van der Waals surface area contributed by atoms with Crippen LogP contribution in [0.2, 0.25) is 5.02 Å². The molecule has 1 aliphatic carbocycles. The highest BCUT2D eigenvalue weighted by molar-refractivity contribution is 7.92. The summed E-state index contributed by atoms with van der Waals surface area (Å²) >= 11 is 6.32. The first-order chi connectivity index (χ1) is 15.6. The quantitative estimate of drug-likeness (QED) is 0.538. The molecule has 0 amide bonds. The number of benzene rings is 1. The van der Waals surface area contributed by atoms with Gasteiger partial charge in [-0.15, -0.1) is 0 Å². The fourth-order valence-corrected chi connectivity index (χ4v) is 5.42. The van der Waals surface area contributed by atoms with Crippen LogP contribution in [0.3, 0.4) is 0 Å². The Morgan fingerprint density at radius 3 is 2.79 bits per heavy atom. The number of halogens is 2. The highest BCUT2D eigenvalue weighted by Gasteiger charge is 2.40. The van der Waals surface area contributed by atoms with E-state index >= 15 is 0 Å². The Morgan fingerprint density at radius 1 is 1.33 bits per heavy atom. The van der Waals surface area contributed by atoms with Crippen LogP contribution < -0.4 is 9.46 Å². The maximum atomic E-state index is 14.9. The number of aromatic nitrogens is 4. The van der Waals surface area contributed by atoms with Crippen molar-refractivity contribution in [2.75, 3.05) is 4.72 Å². The van der Waals surface area contributed by atoms with E-state index in [1.54, 1.807) is 17.8 Å². The van der Waals surface area contributed by atoms with Crippen molar-refractivity contribution in [2.45, 2.75) is 48.7 Å². The first kappa shape index (κ1) is 23.4. The molecular formula is C21H23ClFN5O4S. The van der Waals surface area contributed by atoms with Gasteiger partial charge in [0.25, 0.3) is 10.0 Å². The largest absolute Gasteiger partial charge is 0.488 e. The topological polar surface area (TPSA) is 119 Å². The summed E-state index contributed by atoms with van der Waals surface area (Å²) in [4.78, 5) is 6.84. The van der Waals surface area contributed by atoms with E-state index in [9.17, 15) is 17.9 Å². The number of aliphatic hydroxyl groups is 1. The van der Waals surface area contributed by atoms with Crippen LogP contribution in [-0.4, -0.2) is 45.0 Å². The summed E-state index contributed by atoms with van der Waals surface area (Å²) in [7, 11) is -2.48. The Morgan fingerprint density at radius 2 is 2.12 bits per heavy atom. The molecule has 2 N–H and O–H groups in total. The summed E-state index contributed by atoms with van der Waals surface area (Å²) in [6, 6.07) is 5.15. The summed E-state index contributed by atoms with van der Waals surface area (Å²) in [5, 5.41) is 14.7. The number of nitrogens with zero attached hydrogens (tertiary/aromatic N) is 4. The van der Waals surface area contributed by atoms with Crippen molar-refractivity contribution >= 4 is 27.4 Å². The van der Waals surface area contributed by atoms with Gasteiger partial charge in [-0.1, -0.05) is 11.6 Å². The third-order valence-corrected chi connectivity index (χ3v) is 7.36. The molecule has 3 atom stereocenters. The second-order valence-corrected chi connectivity index (χ2v) is 10.4. The normalized spacial score (nSPS) is 23.3. The Balaban J connectivity index is 1.62. The van der Waals surface area contributed by atoms with Crippen LogP contribution in [0.5, 0.6) is 5.75 Å². The van der Waals surface area contributed by atoms with E-state index in [4.69, 9.17) is 16.3 Å². The zero-order valence-corrected chi connectivity index (χ0v) is 19.5. The maximum absolute atomic E-state index is 14.9. The van der Waals surface area contributed by atoms with E-state index in [1.165, 1.54) is 12.3 Å². The Kier molecular flexibility index (Phi) is 6.30. The molecule has 12 heteroatoms. The van der Waals surface area contributed by atoms with E-state index in [-0.39, 0.29) is 28.9 Å². The molecule has 0 bridgehead atoms. The number of anilines is 1. The van der Waals surface area contributed by atoms with E-state index in [0.29, 0.717) is 12.8 Å².